The quantitative estimate of drug-likeness (QED) is 0.769. The largest absolute Gasteiger partial charge is 0.461 e. The van der Waals surface area contributed by atoms with Gasteiger partial charge in [-0.15, -0.1) is 0 Å². The third-order valence-electron chi connectivity index (χ3n) is 3.11. The van der Waals surface area contributed by atoms with Gasteiger partial charge in [-0.25, -0.2) is 0 Å². The molecule has 2 aromatic rings. The third kappa shape index (κ3) is 1.27. The summed E-state index contributed by atoms with van der Waals surface area (Å²) in [5.74, 6) is 0.959. The minimum absolute atomic E-state index is 0.887. The predicted octanol–water partition coefficient (Wildman–Crippen LogP) is 3.15. The molecule has 4 rings (SSSR count). The molecule has 0 atom stereocenters. The van der Waals surface area contributed by atoms with Crippen molar-refractivity contribution in [2.45, 2.75) is 0 Å². The molecule has 3 heterocycles. The van der Waals surface area contributed by atoms with E-state index in [1.54, 1.807) is 11.8 Å². The summed E-state index contributed by atoms with van der Waals surface area (Å²) < 4.78 is 5.73. The first kappa shape index (κ1) is 9.36. The van der Waals surface area contributed by atoms with E-state index < -0.39 is 0 Å². The van der Waals surface area contributed by atoms with Crippen LogP contribution in [0, 0.1) is 0 Å². The summed E-state index contributed by atoms with van der Waals surface area (Å²) >= 11 is 1.68. The zero-order valence-corrected chi connectivity index (χ0v) is 9.91. The van der Waals surface area contributed by atoms with E-state index in [1.807, 2.05) is 18.4 Å². The summed E-state index contributed by atoms with van der Waals surface area (Å²) in [5, 5.41) is 5.55. The van der Waals surface area contributed by atoms with Crippen LogP contribution in [0.4, 0.5) is 0 Å². The van der Waals surface area contributed by atoms with Gasteiger partial charge in [-0.3, -0.25) is 4.99 Å². The fourth-order valence-corrected chi connectivity index (χ4v) is 3.22. The van der Waals surface area contributed by atoms with Gasteiger partial charge in [0.2, 0.25) is 0 Å². The van der Waals surface area contributed by atoms with E-state index in [9.17, 15) is 0 Å². The molecule has 0 spiro atoms. The molecule has 0 fully saturated rings. The van der Waals surface area contributed by atoms with Crippen LogP contribution in [0.15, 0.2) is 45.3 Å². The Labute approximate surface area is 103 Å². The second-order valence-electron chi connectivity index (χ2n) is 4.09. The van der Waals surface area contributed by atoms with Gasteiger partial charge in [0.1, 0.15) is 0 Å². The average molecular weight is 242 g/mol. The van der Waals surface area contributed by atoms with E-state index in [0.717, 1.165) is 35.1 Å². The van der Waals surface area contributed by atoms with Gasteiger partial charge in [0.05, 0.1) is 18.5 Å². The van der Waals surface area contributed by atoms with Crippen LogP contribution in [0.25, 0.3) is 16.5 Å². The summed E-state index contributed by atoms with van der Waals surface area (Å²) in [5.41, 5.74) is 1.15. The van der Waals surface area contributed by atoms with Crippen molar-refractivity contribution in [1.82, 2.24) is 4.90 Å². The Kier molecular flexibility index (Phi) is 1.87. The highest BCUT2D eigenvalue weighted by Gasteiger charge is 2.29. The first-order valence-corrected chi connectivity index (χ1v) is 6.47. The molecule has 0 aliphatic carbocycles. The molecule has 2 aliphatic heterocycles. The molecule has 0 saturated heterocycles. The summed E-state index contributed by atoms with van der Waals surface area (Å²) in [6.45, 7) is 1.85. The molecule has 0 radical (unpaired) electrons. The van der Waals surface area contributed by atoms with Gasteiger partial charge in [-0.1, -0.05) is 36.0 Å². The van der Waals surface area contributed by atoms with Crippen LogP contribution in [-0.2, 0) is 0 Å². The molecule has 2 aliphatic rings. The number of nitrogens with zero attached hydrogens (tertiary/aromatic N) is 2. The molecule has 1 aromatic heterocycles. The molecular formula is C13H10N2OS. The SMILES string of the molecule is C1=C(c2occ3ccccc23)N2CCN=C2S1. The van der Waals surface area contributed by atoms with Gasteiger partial charge >= 0.3 is 0 Å². The summed E-state index contributed by atoms with van der Waals surface area (Å²) in [4.78, 5) is 6.68. The fourth-order valence-electron chi connectivity index (χ4n) is 2.29. The topological polar surface area (TPSA) is 28.7 Å². The zero-order chi connectivity index (χ0) is 11.2. The monoisotopic (exact) mass is 242 g/mol. The van der Waals surface area contributed by atoms with E-state index in [4.69, 9.17) is 4.42 Å². The first-order chi connectivity index (χ1) is 8.43. The molecular weight excluding hydrogens is 232 g/mol. The molecule has 0 saturated carbocycles. The number of benzene rings is 1. The lowest BCUT2D eigenvalue weighted by Gasteiger charge is -2.14. The Hall–Kier alpha value is -1.68. The fraction of sp³-hybridized carbons (Fsp3) is 0.154. The van der Waals surface area contributed by atoms with Crippen LogP contribution < -0.4 is 0 Å². The lowest BCUT2D eigenvalue weighted by Crippen LogP contribution is -2.19. The molecule has 17 heavy (non-hydrogen) atoms. The number of rotatable bonds is 1. The lowest BCUT2D eigenvalue weighted by atomic mass is 10.1. The van der Waals surface area contributed by atoms with Crippen LogP contribution in [0.5, 0.6) is 0 Å². The van der Waals surface area contributed by atoms with Crippen molar-refractivity contribution in [1.29, 1.82) is 0 Å². The summed E-state index contributed by atoms with van der Waals surface area (Å²) in [6.07, 6.45) is 1.82. The molecule has 4 heteroatoms. The Morgan fingerprint density at radius 1 is 1.29 bits per heavy atom. The first-order valence-electron chi connectivity index (χ1n) is 5.59. The van der Waals surface area contributed by atoms with Gasteiger partial charge in [0.15, 0.2) is 10.9 Å². The van der Waals surface area contributed by atoms with Crippen molar-refractivity contribution in [3.63, 3.8) is 0 Å². The number of fused-ring (bicyclic) bond motifs is 2. The van der Waals surface area contributed by atoms with Crippen LogP contribution in [0.1, 0.15) is 5.76 Å². The Morgan fingerprint density at radius 3 is 3.24 bits per heavy atom. The Bertz CT molecular complexity index is 656. The van der Waals surface area contributed by atoms with Crippen LogP contribution >= 0.6 is 11.8 Å². The third-order valence-corrected chi connectivity index (χ3v) is 4.01. The minimum Gasteiger partial charge on any atom is -0.461 e. The standard InChI is InChI=1S/C13H10N2OS/c1-2-4-10-9(3-1)7-16-12(10)11-8-17-13-14-5-6-15(11)13/h1-4,7-8H,5-6H2. The van der Waals surface area contributed by atoms with E-state index >= 15 is 0 Å². The van der Waals surface area contributed by atoms with Crippen molar-refractivity contribution in [3.05, 3.63) is 41.7 Å². The van der Waals surface area contributed by atoms with Gasteiger partial charge in [0, 0.05) is 22.7 Å². The Morgan fingerprint density at radius 2 is 2.24 bits per heavy atom. The normalized spacial score (nSPS) is 18.5. The second kappa shape index (κ2) is 3.40. The number of furan rings is 1. The highest BCUT2D eigenvalue weighted by Crippen LogP contribution is 2.38. The van der Waals surface area contributed by atoms with Gasteiger partial charge in [-0.05, 0) is 0 Å². The highest BCUT2D eigenvalue weighted by atomic mass is 32.2. The molecule has 0 unspecified atom stereocenters. The predicted molar refractivity (Wildman–Crippen MR) is 70.8 cm³/mol. The molecule has 0 bridgehead atoms. The highest BCUT2D eigenvalue weighted by molar-refractivity contribution is 8.16. The molecule has 0 N–H and O–H groups in total. The number of amidine groups is 1. The molecule has 0 amide bonds. The molecule has 3 nitrogen and oxygen atoms in total. The maximum absolute atomic E-state index is 5.73. The van der Waals surface area contributed by atoms with Crippen LogP contribution in [-0.4, -0.2) is 23.2 Å². The van der Waals surface area contributed by atoms with Crippen LogP contribution in [0.3, 0.4) is 0 Å². The van der Waals surface area contributed by atoms with Crippen molar-refractivity contribution >= 4 is 33.4 Å². The minimum atomic E-state index is 0.887. The van der Waals surface area contributed by atoms with Gasteiger partial charge < -0.3 is 9.32 Å². The zero-order valence-electron chi connectivity index (χ0n) is 9.09. The maximum Gasteiger partial charge on any atom is 0.168 e. The summed E-state index contributed by atoms with van der Waals surface area (Å²) in [6, 6.07) is 8.25. The van der Waals surface area contributed by atoms with E-state index in [-0.39, 0.29) is 0 Å². The van der Waals surface area contributed by atoms with Gasteiger partial charge in [0.25, 0.3) is 0 Å². The second-order valence-corrected chi connectivity index (χ2v) is 4.93. The van der Waals surface area contributed by atoms with E-state index in [2.05, 4.69) is 27.4 Å². The lowest BCUT2D eigenvalue weighted by molar-refractivity contribution is 0.531. The van der Waals surface area contributed by atoms with Crippen LogP contribution in [0.2, 0.25) is 0 Å². The number of hydrogen-bond acceptors (Lipinski definition) is 4. The smallest absolute Gasteiger partial charge is 0.168 e. The van der Waals surface area contributed by atoms with Gasteiger partial charge in [-0.2, -0.15) is 0 Å². The Balaban J connectivity index is 1.88. The van der Waals surface area contributed by atoms with E-state index in [1.165, 1.54) is 5.39 Å². The van der Waals surface area contributed by atoms with Crippen molar-refractivity contribution in [3.8, 4) is 0 Å². The van der Waals surface area contributed by atoms with Crippen molar-refractivity contribution in [2.24, 2.45) is 4.99 Å². The van der Waals surface area contributed by atoms with Crippen molar-refractivity contribution in [2.75, 3.05) is 13.1 Å². The average Bonchev–Trinajstić information content (AvgIpc) is 3.02. The molecule has 84 valence electrons. The maximum atomic E-state index is 5.73. The number of thioether (sulfide) groups is 1. The van der Waals surface area contributed by atoms with Crippen molar-refractivity contribution < 1.29 is 4.42 Å². The number of aliphatic imine (C=N–C) groups is 1. The summed E-state index contributed by atoms with van der Waals surface area (Å²) in [7, 11) is 0. The number of hydrogen-bond donors (Lipinski definition) is 0. The van der Waals surface area contributed by atoms with E-state index in [0.29, 0.717) is 0 Å². The molecule has 1 aromatic carbocycles.